The molecule has 4 heteroatoms. The fraction of sp³-hybridized carbons (Fsp3) is 0.0385. The van der Waals surface area contributed by atoms with Crippen LogP contribution in [0.5, 0.6) is 0 Å². The van der Waals surface area contributed by atoms with E-state index < -0.39 is 0 Å². The summed E-state index contributed by atoms with van der Waals surface area (Å²) >= 11 is 1.77. The molecule has 7 aromatic rings. The molecule has 0 saturated carbocycles. The third kappa shape index (κ3) is 2.01. The molecule has 0 aliphatic rings. The summed E-state index contributed by atoms with van der Waals surface area (Å²) in [6.07, 6.45) is 0. The number of benzene rings is 4. The molecule has 7 rings (SSSR count). The van der Waals surface area contributed by atoms with Gasteiger partial charge in [0, 0.05) is 34.4 Å². The van der Waals surface area contributed by atoms with Crippen molar-refractivity contribution < 1.29 is 0 Å². The second kappa shape index (κ2) is 5.71. The third-order valence-electron chi connectivity index (χ3n) is 6.18. The van der Waals surface area contributed by atoms with Crippen molar-refractivity contribution in [1.29, 1.82) is 0 Å². The first-order valence-corrected chi connectivity index (χ1v) is 10.9. The summed E-state index contributed by atoms with van der Waals surface area (Å²) in [6, 6.07) is 30.4. The average Bonchev–Trinajstić information content (AvgIpc) is 3.42. The van der Waals surface area contributed by atoms with Gasteiger partial charge in [-0.25, -0.2) is 4.98 Å². The highest BCUT2D eigenvalue weighted by Gasteiger charge is 2.15. The molecule has 3 heterocycles. The molecule has 0 N–H and O–H groups in total. The third-order valence-corrected chi connectivity index (χ3v) is 7.27. The number of imidazole rings is 1. The Bertz CT molecular complexity index is 1760. The molecule has 0 spiro atoms. The van der Waals surface area contributed by atoms with Crippen LogP contribution in [0.1, 0.15) is 0 Å². The number of hydrogen-bond acceptors (Lipinski definition) is 2. The van der Waals surface area contributed by atoms with Crippen molar-refractivity contribution in [2.45, 2.75) is 0 Å². The van der Waals surface area contributed by atoms with E-state index in [4.69, 9.17) is 4.98 Å². The number of thiazole rings is 1. The predicted molar refractivity (Wildman–Crippen MR) is 128 cm³/mol. The van der Waals surface area contributed by atoms with Crippen LogP contribution in [0.2, 0.25) is 0 Å². The summed E-state index contributed by atoms with van der Waals surface area (Å²) in [5.41, 5.74) is 8.48. The Morgan fingerprint density at radius 3 is 2.40 bits per heavy atom. The number of para-hydroxylation sites is 3. The zero-order valence-electron chi connectivity index (χ0n) is 16.3. The van der Waals surface area contributed by atoms with Crippen molar-refractivity contribution >= 4 is 59.4 Å². The first kappa shape index (κ1) is 16.2. The van der Waals surface area contributed by atoms with Gasteiger partial charge >= 0.3 is 0 Å². The van der Waals surface area contributed by atoms with Crippen LogP contribution in [-0.2, 0) is 7.05 Å². The Balaban J connectivity index is 1.55. The van der Waals surface area contributed by atoms with Crippen molar-refractivity contribution in [2.24, 2.45) is 7.05 Å². The van der Waals surface area contributed by atoms with Crippen LogP contribution < -0.4 is 0 Å². The van der Waals surface area contributed by atoms with E-state index >= 15 is 0 Å². The summed E-state index contributed by atoms with van der Waals surface area (Å²) in [5.74, 6) is 0. The molecule has 0 unspecified atom stereocenters. The zero-order valence-corrected chi connectivity index (χ0v) is 17.1. The Kier molecular flexibility index (Phi) is 3.08. The van der Waals surface area contributed by atoms with Gasteiger partial charge in [-0.15, -0.1) is 0 Å². The van der Waals surface area contributed by atoms with Gasteiger partial charge < -0.3 is 4.57 Å². The Morgan fingerprint density at radius 2 is 1.47 bits per heavy atom. The number of rotatable bonds is 1. The van der Waals surface area contributed by atoms with Crippen molar-refractivity contribution in [3.63, 3.8) is 0 Å². The summed E-state index contributed by atoms with van der Waals surface area (Å²) in [4.78, 5) is 5.91. The van der Waals surface area contributed by atoms with E-state index in [1.54, 1.807) is 11.3 Å². The van der Waals surface area contributed by atoms with Gasteiger partial charge in [0.25, 0.3) is 0 Å². The van der Waals surface area contributed by atoms with Crippen LogP contribution in [0.15, 0.2) is 84.9 Å². The number of hydrogen-bond donors (Lipinski definition) is 0. The Hall–Kier alpha value is -3.63. The lowest BCUT2D eigenvalue weighted by molar-refractivity contribution is 1.01. The second-order valence-electron chi connectivity index (χ2n) is 7.78. The monoisotopic (exact) mass is 403 g/mol. The summed E-state index contributed by atoms with van der Waals surface area (Å²) in [6.45, 7) is 0. The normalized spacial score (nSPS) is 12.2. The molecule has 0 amide bonds. The molecule has 4 aromatic carbocycles. The molecule has 0 aliphatic heterocycles. The smallest absolute Gasteiger partial charge is 0.195 e. The second-order valence-corrected chi connectivity index (χ2v) is 8.76. The minimum atomic E-state index is 1.05. The first-order valence-electron chi connectivity index (χ1n) is 10.1. The minimum absolute atomic E-state index is 1.05. The number of aryl methyl sites for hydroxylation is 1. The van der Waals surface area contributed by atoms with E-state index in [0.717, 1.165) is 10.5 Å². The van der Waals surface area contributed by atoms with Crippen molar-refractivity contribution in [2.75, 3.05) is 0 Å². The largest absolute Gasteiger partial charge is 0.344 e. The maximum Gasteiger partial charge on any atom is 0.195 e. The maximum atomic E-state index is 4.86. The quantitative estimate of drug-likeness (QED) is 0.289. The summed E-state index contributed by atoms with van der Waals surface area (Å²) in [7, 11) is 2.14. The van der Waals surface area contributed by atoms with E-state index in [9.17, 15) is 0 Å². The molecule has 0 aliphatic carbocycles. The molecule has 142 valence electrons. The molecule has 0 atom stereocenters. The van der Waals surface area contributed by atoms with E-state index in [2.05, 4.69) is 94.9 Å². The molecule has 0 bridgehead atoms. The van der Waals surface area contributed by atoms with Gasteiger partial charge in [-0.3, -0.25) is 4.40 Å². The van der Waals surface area contributed by atoms with Crippen LogP contribution in [0.3, 0.4) is 0 Å². The topological polar surface area (TPSA) is 22.2 Å². The highest BCUT2D eigenvalue weighted by molar-refractivity contribution is 7.24. The first-order chi connectivity index (χ1) is 14.8. The molecular weight excluding hydrogens is 386 g/mol. The maximum absolute atomic E-state index is 4.86. The average molecular weight is 404 g/mol. The van der Waals surface area contributed by atoms with Gasteiger partial charge in [0.2, 0.25) is 0 Å². The molecule has 0 radical (unpaired) electrons. The SMILES string of the molecule is Cn1c2ccccc2c2cc(-c3cccc4c3sc3nc5ccccc5n34)ccc21. The fourth-order valence-corrected chi connectivity index (χ4v) is 5.94. The lowest BCUT2D eigenvalue weighted by atomic mass is 10.0. The highest BCUT2D eigenvalue weighted by Crippen LogP contribution is 2.39. The van der Waals surface area contributed by atoms with Crippen molar-refractivity contribution in [3.8, 4) is 11.1 Å². The van der Waals surface area contributed by atoms with Crippen molar-refractivity contribution in [3.05, 3.63) is 84.9 Å². The van der Waals surface area contributed by atoms with E-state index in [1.807, 2.05) is 6.07 Å². The van der Waals surface area contributed by atoms with Crippen LogP contribution in [0.4, 0.5) is 0 Å². The van der Waals surface area contributed by atoms with Gasteiger partial charge in [-0.1, -0.05) is 59.9 Å². The van der Waals surface area contributed by atoms with Gasteiger partial charge in [0.15, 0.2) is 4.96 Å². The summed E-state index contributed by atoms with van der Waals surface area (Å²) in [5, 5.41) is 2.60. The molecule has 3 aromatic heterocycles. The molecule has 30 heavy (non-hydrogen) atoms. The van der Waals surface area contributed by atoms with E-state index in [1.165, 1.54) is 48.7 Å². The number of aromatic nitrogens is 3. The molecule has 3 nitrogen and oxygen atoms in total. The zero-order chi connectivity index (χ0) is 19.8. The van der Waals surface area contributed by atoms with Gasteiger partial charge in [0.1, 0.15) is 0 Å². The molecule has 0 fully saturated rings. The molecular formula is C26H17N3S. The number of nitrogens with zero attached hydrogens (tertiary/aromatic N) is 3. The van der Waals surface area contributed by atoms with Crippen LogP contribution in [-0.4, -0.2) is 14.0 Å². The van der Waals surface area contributed by atoms with Crippen LogP contribution in [0, 0.1) is 0 Å². The van der Waals surface area contributed by atoms with Crippen molar-refractivity contribution in [1.82, 2.24) is 14.0 Å². The lowest BCUT2D eigenvalue weighted by Crippen LogP contribution is -1.86. The van der Waals surface area contributed by atoms with E-state index in [0.29, 0.717) is 0 Å². The van der Waals surface area contributed by atoms with Gasteiger partial charge in [-0.05, 0) is 42.0 Å². The highest BCUT2D eigenvalue weighted by atomic mass is 32.1. The van der Waals surface area contributed by atoms with Gasteiger partial charge in [0.05, 0.1) is 21.3 Å². The lowest BCUT2D eigenvalue weighted by Gasteiger charge is -2.05. The molecule has 0 saturated heterocycles. The Morgan fingerprint density at radius 1 is 0.700 bits per heavy atom. The predicted octanol–water partition coefficient (Wildman–Crippen LogP) is 7.01. The fourth-order valence-electron chi connectivity index (χ4n) is 4.77. The van der Waals surface area contributed by atoms with Crippen LogP contribution >= 0.6 is 11.3 Å². The number of fused-ring (bicyclic) bond motifs is 8. The summed E-state index contributed by atoms with van der Waals surface area (Å²) < 4.78 is 5.85. The Labute approximate surface area is 176 Å². The van der Waals surface area contributed by atoms with E-state index in [-0.39, 0.29) is 0 Å². The van der Waals surface area contributed by atoms with Gasteiger partial charge in [-0.2, -0.15) is 0 Å². The minimum Gasteiger partial charge on any atom is -0.344 e. The van der Waals surface area contributed by atoms with Crippen LogP contribution in [0.25, 0.3) is 59.1 Å². The standard InChI is InChI=1S/C26H17N3S/c1-28-21-10-4-2-7-18(21)19-15-16(13-14-22(19)28)17-8-6-12-24-25(17)30-26-27-20-9-3-5-11-23(20)29(24)26/h2-15H,1H3.